The second-order valence-electron chi connectivity index (χ2n) is 7.64. The Morgan fingerprint density at radius 1 is 1.06 bits per heavy atom. The summed E-state index contributed by atoms with van der Waals surface area (Å²) in [5.74, 6) is 2.59. The second kappa shape index (κ2) is 11.1. The van der Waals surface area contributed by atoms with Gasteiger partial charge in [0.1, 0.15) is 5.82 Å². The van der Waals surface area contributed by atoms with Crippen molar-refractivity contribution in [2.24, 2.45) is 12.0 Å². The van der Waals surface area contributed by atoms with Gasteiger partial charge < -0.3 is 20.1 Å². The summed E-state index contributed by atoms with van der Waals surface area (Å²) in [6, 6.07) is 21.2. The van der Waals surface area contributed by atoms with E-state index in [2.05, 4.69) is 68.2 Å². The van der Waals surface area contributed by atoms with Gasteiger partial charge in [0.15, 0.2) is 11.8 Å². The summed E-state index contributed by atoms with van der Waals surface area (Å²) in [6.07, 6.45) is 1.07. The molecule has 164 valence electrons. The van der Waals surface area contributed by atoms with E-state index in [1.807, 2.05) is 36.7 Å². The molecule has 1 aliphatic rings. The molecule has 1 atom stereocenters. The van der Waals surface area contributed by atoms with Gasteiger partial charge in [-0.3, -0.25) is 0 Å². The average Bonchev–Trinajstić information content (AvgIpc) is 3.38. The quantitative estimate of drug-likeness (QED) is 0.291. The first-order valence-electron chi connectivity index (χ1n) is 10.4. The molecule has 0 amide bonds. The normalized spacial score (nSPS) is 16.1. The first-order valence-corrected chi connectivity index (χ1v) is 10.4. The molecule has 1 fully saturated rings. The largest absolute Gasteiger partial charge is 0.369 e. The maximum atomic E-state index is 4.83. The maximum absolute atomic E-state index is 4.83. The van der Waals surface area contributed by atoms with Gasteiger partial charge in [0, 0.05) is 31.9 Å². The predicted molar refractivity (Wildman–Crippen MR) is 136 cm³/mol. The number of guanidine groups is 1. The van der Waals surface area contributed by atoms with Crippen molar-refractivity contribution in [2.45, 2.75) is 32.5 Å². The fraction of sp³-hybridized carbons (Fsp3) is 0.348. The monoisotopic (exact) mass is 531 g/mol. The molecular formula is C23H30IN7. The lowest BCUT2D eigenvalue weighted by atomic mass is 10.2. The minimum absolute atomic E-state index is 0. The molecule has 0 bridgehead atoms. The third-order valence-electron chi connectivity index (χ3n) is 5.51. The summed E-state index contributed by atoms with van der Waals surface area (Å²) in [7, 11) is 1.98. The van der Waals surface area contributed by atoms with E-state index in [1.165, 1.54) is 11.3 Å². The van der Waals surface area contributed by atoms with E-state index < -0.39 is 0 Å². The molecule has 2 heterocycles. The highest BCUT2D eigenvalue weighted by atomic mass is 127. The van der Waals surface area contributed by atoms with Crippen LogP contribution in [0.5, 0.6) is 0 Å². The van der Waals surface area contributed by atoms with Crippen LogP contribution in [0.4, 0.5) is 5.69 Å². The first-order chi connectivity index (χ1) is 14.7. The lowest BCUT2D eigenvalue weighted by Gasteiger charge is -2.20. The van der Waals surface area contributed by atoms with E-state index in [0.29, 0.717) is 19.1 Å². The number of aliphatic imine (C=N–C) groups is 1. The number of anilines is 1. The summed E-state index contributed by atoms with van der Waals surface area (Å²) >= 11 is 0. The Balaban J connectivity index is 0.00000272. The second-order valence-corrected chi connectivity index (χ2v) is 7.64. The van der Waals surface area contributed by atoms with Gasteiger partial charge in [0.2, 0.25) is 0 Å². The number of rotatable bonds is 6. The van der Waals surface area contributed by atoms with Crippen LogP contribution in [-0.2, 0) is 20.1 Å². The number of nitrogens with one attached hydrogen (secondary N) is 2. The van der Waals surface area contributed by atoms with Gasteiger partial charge in [-0.25, -0.2) is 4.99 Å². The molecule has 1 aromatic heterocycles. The number of aryl methyl sites for hydroxylation is 1. The molecule has 1 aliphatic heterocycles. The molecule has 1 saturated heterocycles. The fourth-order valence-electron chi connectivity index (χ4n) is 3.62. The maximum Gasteiger partial charge on any atom is 0.192 e. The summed E-state index contributed by atoms with van der Waals surface area (Å²) in [5, 5.41) is 15.5. The van der Waals surface area contributed by atoms with Crippen LogP contribution in [0.25, 0.3) is 0 Å². The van der Waals surface area contributed by atoms with E-state index in [0.717, 1.165) is 37.1 Å². The van der Waals surface area contributed by atoms with Gasteiger partial charge in [0.25, 0.3) is 0 Å². The lowest BCUT2D eigenvalue weighted by Crippen LogP contribution is -2.44. The van der Waals surface area contributed by atoms with Crippen LogP contribution in [-0.4, -0.2) is 39.9 Å². The van der Waals surface area contributed by atoms with Gasteiger partial charge in [-0.05, 0) is 31.0 Å². The van der Waals surface area contributed by atoms with Crippen LogP contribution in [0.3, 0.4) is 0 Å². The highest BCUT2D eigenvalue weighted by Crippen LogP contribution is 2.19. The highest BCUT2D eigenvalue weighted by molar-refractivity contribution is 14.0. The Labute approximate surface area is 201 Å². The number of hydrogen-bond acceptors (Lipinski definition) is 4. The molecule has 4 rings (SSSR count). The van der Waals surface area contributed by atoms with Crippen molar-refractivity contribution in [3.05, 3.63) is 77.9 Å². The molecule has 8 heteroatoms. The Morgan fingerprint density at radius 2 is 1.77 bits per heavy atom. The van der Waals surface area contributed by atoms with Gasteiger partial charge >= 0.3 is 0 Å². The zero-order chi connectivity index (χ0) is 20.8. The molecule has 0 aliphatic carbocycles. The van der Waals surface area contributed by atoms with Gasteiger partial charge in [-0.1, -0.05) is 48.5 Å². The molecule has 2 aromatic carbocycles. The van der Waals surface area contributed by atoms with Crippen LogP contribution in [0.15, 0.2) is 65.7 Å². The van der Waals surface area contributed by atoms with Crippen molar-refractivity contribution in [1.29, 1.82) is 0 Å². The average molecular weight is 531 g/mol. The summed E-state index contributed by atoms with van der Waals surface area (Å²) in [4.78, 5) is 7.24. The van der Waals surface area contributed by atoms with Crippen molar-refractivity contribution in [3.63, 3.8) is 0 Å². The molecule has 31 heavy (non-hydrogen) atoms. The topological polar surface area (TPSA) is 70.4 Å². The molecule has 0 spiro atoms. The number of benzene rings is 2. The molecule has 2 N–H and O–H groups in total. The molecule has 7 nitrogen and oxygen atoms in total. The van der Waals surface area contributed by atoms with Crippen LogP contribution >= 0.6 is 24.0 Å². The van der Waals surface area contributed by atoms with Crippen molar-refractivity contribution < 1.29 is 0 Å². The summed E-state index contributed by atoms with van der Waals surface area (Å²) in [6.45, 7) is 5.15. The first kappa shape index (κ1) is 23.1. The molecule has 0 radical (unpaired) electrons. The predicted octanol–water partition coefficient (Wildman–Crippen LogP) is 3.26. The Kier molecular flexibility index (Phi) is 8.27. The van der Waals surface area contributed by atoms with Crippen LogP contribution in [0, 0.1) is 6.92 Å². The number of aromatic nitrogens is 3. The third kappa shape index (κ3) is 6.19. The van der Waals surface area contributed by atoms with Crippen LogP contribution in [0.2, 0.25) is 0 Å². The van der Waals surface area contributed by atoms with Gasteiger partial charge in [-0.2, -0.15) is 0 Å². The Morgan fingerprint density at radius 3 is 2.45 bits per heavy atom. The minimum Gasteiger partial charge on any atom is -0.369 e. The molecule has 1 unspecified atom stereocenters. The van der Waals surface area contributed by atoms with Crippen LogP contribution < -0.4 is 15.5 Å². The number of nitrogens with zero attached hydrogens (tertiary/aromatic N) is 5. The van der Waals surface area contributed by atoms with Crippen molar-refractivity contribution in [2.75, 3.05) is 18.0 Å². The van der Waals surface area contributed by atoms with Gasteiger partial charge in [-0.15, -0.1) is 34.2 Å². The van der Waals surface area contributed by atoms with Crippen LogP contribution in [0.1, 0.15) is 23.6 Å². The Hall–Kier alpha value is -2.62. The molecule has 0 saturated carbocycles. The number of para-hydroxylation sites is 1. The zero-order valence-electron chi connectivity index (χ0n) is 18.0. The minimum atomic E-state index is 0. The Bertz CT molecular complexity index is 972. The number of hydrogen-bond donors (Lipinski definition) is 2. The van der Waals surface area contributed by atoms with E-state index in [4.69, 9.17) is 4.99 Å². The smallest absolute Gasteiger partial charge is 0.192 e. The lowest BCUT2D eigenvalue weighted by molar-refractivity contribution is 0.637. The fourth-order valence-corrected chi connectivity index (χ4v) is 3.62. The van der Waals surface area contributed by atoms with Crippen molar-refractivity contribution in [1.82, 2.24) is 25.4 Å². The van der Waals surface area contributed by atoms with Gasteiger partial charge in [0.05, 0.1) is 13.1 Å². The van der Waals surface area contributed by atoms with E-state index >= 15 is 0 Å². The number of halogens is 1. The SMILES string of the molecule is Cc1nnc(CNC(=NCc2ccccc2)NC2CCN(c3ccccc3)C2)n1C.I. The van der Waals surface area contributed by atoms with E-state index in [9.17, 15) is 0 Å². The molecular weight excluding hydrogens is 501 g/mol. The zero-order valence-corrected chi connectivity index (χ0v) is 20.4. The summed E-state index contributed by atoms with van der Waals surface area (Å²) < 4.78 is 1.99. The van der Waals surface area contributed by atoms with Crippen molar-refractivity contribution >= 4 is 35.6 Å². The highest BCUT2D eigenvalue weighted by Gasteiger charge is 2.23. The molecule has 3 aromatic rings. The summed E-state index contributed by atoms with van der Waals surface area (Å²) in [5.41, 5.74) is 2.46. The standard InChI is InChI=1S/C23H29N7.HI/c1-18-27-28-22(29(18)2)16-25-23(24-15-19-9-5-3-6-10-19)26-20-13-14-30(17-20)21-11-7-4-8-12-21;/h3-12,20H,13-17H2,1-2H3,(H2,24,25,26);1H. The van der Waals surface area contributed by atoms with E-state index in [1.54, 1.807) is 0 Å². The third-order valence-corrected chi connectivity index (χ3v) is 5.51. The van der Waals surface area contributed by atoms with E-state index in [-0.39, 0.29) is 24.0 Å². The van der Waals surface area contributed by atoms with Crippen molar-refractivity contribution in [3.8, 4) is 0 Å².